The lowest BCUT2D eigenvalue weighted by Gasteiger charge is -2.33. The third-order valence-corrected chi connectivity index (χ3v) is 7.15. The van der Waals surface area contributed by atoms with Crippen LogP contribution in [0.5, 0.6) is 0 Å². The van der Waals surface area contributed by atoms with Gasteiger partial charge in [-0.3, -0.25) is 13.9 Å². The van der Waals surface area contributed by atoms with Crippen molar-refractivity contribution >= 4 is 27.5 Å². The largest absolute Gasteiger partial charge is 0.352 e. The number of nitrogens with zero attached hydrogens (tertiary/aromatic N) is 2. The Morgan fingerprint density at radius 2 is 1.58 bits per heavy atom. The van der Waals surface area contributed by atoms with Crippen LogP contribution in [0.2, 0.25) is 0 Å². The molecule has 178 valence electrons. The summed E-state index contributed by atoms with van der Waals surface area (Å²) in [6.07, 6.45) is 5.60. The summed E-state index contributed by atoms with van der Waals surface area (Å²) in [6.45, 7) is 1.72. The van der Waals surface area contributed by atoms with E-state index in [1.54, 1.807) is 30.3 Å². The van der Waals surface area contributed by atoms with E-state index in [0.29, 0.717) is 12.1 Å². The highest BCUT2D eigenvalue weighted by atomic mass is 32.2. The van der Waals surface area contributed by atoms with Gasteiger partial charge in [0.15, 0.2) is 0 Å². The lowest BCUT2D eigenvalue weighted by Crippen LogP contribution is -2.53. The minimum Gasteiger partial charge on any atom is -0.352 e. The van der Waals surface area contributed by atoms with E-state index in [2.05, 4.69) is 5.32 Å². The molecule has 0 spiro atoms. The zero-order valence-electron chi connectivity index (χ0n) is 19.3. The molecule has 2 amide bonds. The molecule has 3 rings (SSSR count). The molecule has 0 unspecified atom stereocenters. The van der Waals surface area contributed by atoms with Crippen molar-refractivity contribution in [2.24, 2.45) is 0 Å². The maximum atomic E-state index is 13.6. The van der Waals surface area contributed by atoms with Gasteiger partial charge in [0.25, 0.3) is 0 Å². The highest BCUT2D eigenvalue weighted by Crippen LogP contribution is 2.21. The smallest absolute Gasteiger partial charge is 0.244 e. The zero-order chi connectivity index (χ0) is 23.8. The van der Waals surface area contributed by atoms with Crippen LogP contribution < -0.4 is 9.62 Å². The van der Waals surface area contributed by atoms with E-state index < -0.39 is 22.0 Å². The van der Waals surface area contributed by atoms with Gasteiger partial charge < -0.3 is 10.2 Å². The Bertz CT molecular complexity index is 1020. The predicted molar refractivity (Wildman–Crippen MR) is 130 cm³/mol. The molecule has 0 aliphatic heterocycles. The van der Waals surface area contributed by atoms with Crippen molar-refractivity contribution in [3.05, 3.63) is 66.2 Å². The molecule has 2 aromatic rings. The Morgan fingerprint density at radius 1 is 1.00 bits per heavy atom. The van der Waals surface area contributed by atoms with E-state index in [0.717, 1.165) is 41.8 Å². The van der Waals surface area contributed by atoms with Crippen LogP contribution in [0.3, 0.4) is 0 Å². The normalized spacial score (nSPS) is 15.1. The van der Waals surface area contributed by atoms with Crippen LogP contribution in [0.25, 0.3) is 0 Å². The molecular weight excluding hydrogens is 438 g/mol. The molecule has 0 heterocycles. The van der Waals surface area contributed by atoms with Gasteiger partial charge in [0, 0.05) is 12.6 Å². The fraction of sp³-hybridized carbons (Fsp3) is 0.440. The average Bonchev–Trinajstić information content (AvgIpc) is 3.30. The van der Waals surface area contributed by atoms with Gasteiger partial charge in [-0.2, -0.15) is 0 Å². The van der Waals surface area contributed by atoms with Gasteiger partial charge in [-0.1, -0.05) is 68.3 Å². The number of para-hydroxylation sites is 1. The highest BCUT2D eigenvalue weighted by Gasteiger charge is 2.32. The quantitative estimate of drug-likeness (QED) is 0.576. The second-order valence-electron chi connectivity index (χ2n) is 8.53. The third kappa shape index (κ3) is 6.81. The molecule has 1 aliphatic carbocycles. The van der Waals surface area contributed by atoms with Crippen molar-refractivity contribution in [1.82, 2.24) is 10.2 Å². The van der Waals surface area contributed by atoms with Gasteiger partial charge in [0.1, 0.15) is 12.6 Å². The molecule has 33 heavy (non-hydrogen) atoms. The SMILES string of the molecule is CC[C@@H](C(=O)NC1CCCC1)N(Cc1ccccc1)C(=O)CN(c1ccccc1)S(C)(=O)=O. The average molecular weight is 472 g/mol. The standard InChI is InChI=1S/C25H33N3O4S/c1-3-23(25(30)26-21-14-10-11-15-21)27(18-20-12-6-4-7-13-20)24(29)19-28(33(2,31)32)22-16-8-5-9-17-22/h4-9,12-13,16-17,21,23H,3,10-11,14-15,18-19H2,1-2H3,(H,26,30)/t23-/m0/s1. The van der Waals surface area contributed by atoms with Gasteiger partial charge >= 0.3 is 0 Å². The number of carbonyl (C=O) groups is 2. The molecule has 1 atom stereocenters. The van der Waals surface area contributed by atoms with Crippen molar-refractivity contribution in [2.45, 2.75) is 57.7 Å². The molecule has 1 saturated carbocycles. The number of anilines is 1. The monoisotopic (exact) mass is 471 g/mol. The van der Waals surface area contributed by atoms with Crippen LogP contribution in [0.15, 0.2) is 60.7 Å². The second-order valence-corrected chi connectivity index (χ2v) is 10.4. The topological polar surface area (TPSA) is 86.8 Å². The maximum Gasteiger partial charge on any atom is 0.244 e. The molecule has 8 heteroatoms. The summed E-state index contributed by atoms with van der Waals surface area (Å²) in [5, 5.41) is 3.10. The number of hydrogen-bond donors (Lipinski definition) is 1. The number of benzene rings is 2. The van der Waals surface area contributed by atoms with Crippen LogP contribution in [0, 0.1) is 0 Å². The van der Waals surface area contributed by atoms with Crippen molar-refractivity contribution < 1.29 is 18.0 Å². The molecule has 1 fully saturated rings. The highest BCUT2D eigenvalue weighted by molar-refractivity contribution is 7.92. The number of hydrogen-bond acceptors (Lipinski definition) is 4. The van der Waals surface area contributed by atoms with E-state index in [-0.39, 0.29) is 25.0 Å². The van der Waals surface area contributed by atoms with Crippen molar-refractivity contribution in [2.75, 3.05) is 17.1 Å². The predicted octanol–water partition coefficient (Wildman–Crippen LogP) is 3.32. The van der Waals surface area contributed by atoms with E-state index >= 15 is 0 Å². The summed E-state index contributed by atoms with van der Waals surface area (Å²) in [7, 11) is -3.71. The van der Waals surface area contributed by atoms with Crippen molar-refractivity contribution in [3.63, 3.8) is 0 Å². The van der Waals surface area contributed by atoms with E-state index in [1.807, 2.05) is 37.3 Å². The van der Waals surface area contributed by atoms with Gasteiger partial charge in [-0.15, -0.1) is 0 Å². The molecule has 7 nitrogen and oxygen atoms in total. The van der Waals surface area contributed by atoms with E-state index in [9.17, 15) is 18.0 Å². The second kappa shape index (κ2) is 11.3. The van der Waals surface area contributed by atoms with E-state index in [4.69, 9.17) is 0 Å². The van der Waals surface area contributed by atoms with Crippen LogP contribution >= 0.6 is 0 Å². The summed E-state index contributed by atoms with van der Waals surface area (Å²) >= 11 is 0. The Balaban J connectivity index is 1.88. The number of amides is 2. The first-order chi connectivity index (χ1) is 15.8. The summed E-state index contributed by atoms with van der Waals surface area (Å²) in [5.41, 5.74) is 1.29. The third-order valence-electron chi connectivity index (χ3n) is 6.01. The van der Waals surface area contributed by atoms with Gasteiger partial charge in [-0.05, 0) is 37.0 Å². The van der Waals surface area contributed by atoms with E-state index in [1.165, 1.54) is 4.90 Å². The molecule has 0 radical (unpaired) electrons. The molecule has 1 aliphatic rings. The minimum absolute atomic E-state index is 0.136. The van der Waals surface area contributed by atoms with Crippen LogP contribution in [0.1, 0.15) is 44.6 Å². The summed E-state index contributed by atoms with van der Waals surface area (Å²) in [4.78, 5) is 28.3. The van der Waals surface area contributed by atoms with Crippen LogP contribution in [0.4, 0.5) is 5.69 Å². The lowest BCUT2D eigenvalue weighted by atomic mass is 10.1. The first-order valence-corrected chi connectivity index (χ1v) is 13.3. The fourth-order valence-corrected chi connectivity index (χ4v) is 5.12. The molecule has 0 saturated heterocycles. The first kappa shape index (κ1) is 24.8. The minimum atomic E-state index is -3.71. The number of carbonyl (C=O) groups excluding carboxylic acids is 2. The van der Waals surface area contributed by atoms with Crippen molar-refractivity contribution in [3.8, 4) is 0 Å². The van der Waals surface area contributed by atoms with Gasteiger partial charge in [0.05, 0.1) is 11.9 Å². The fourth-order valence-electron chi connectivity index (χ4n) is 4.28. The van der Waals surface area contributed by atoms with Gasteiger partial charge in [-0.25, -0.2) is 8.42 Å². The molecular formula is C25H33N3O4S. The Labute approximate surface area is 196 Å². The maximum absolute atomic E-state index is 13.6. The zero-order valence-corrected chi connectivity index (χ0v) is 20.1. The van der Waals surface area contributed by atoms with Gasteiger partial charge in [0.2, 0.25) is 21.8 Å². The number of nitrogens with one attached hydrogen (secondary N) is 1. The Kier molecular flexibility index (Phi) is 8.49. The lowest BCUT2D eigenvalue weighted by molar-refractivity contribution is -0.140. The summed E-state index contributed by atoms with van der Waals surface area (Å²) in [5.74, 6) is -0.596. The molecule has 2 aromatic carbocycles. The van der Waals surface area contributed by atoms with Crippen LogP contribution in [-0.4, -0.2) is 50.0 Å². The Morgan fingerprint density at radius 3 is 2.12 bits per heavy atom. The number of rotatable bonds is 10. The van der Waals surface area contributed by atoms with Crippen molar-refractivity contribution in [1.29, 1.82) is 0 Å². The number of sulfonamides is 1. The Hall–Kier alpha value is -2.87. The summed E-state index contributed by atoms with van der Waals surface area (Å²) < 4.78 is 26.1. The molecule has 0 aromatic heterocycles. The first-order valence-electron chi connectivity index (χ1n) is 11.5. The summed E-state index contributed by atoms with van der Waals surface area (Å²) in [6, 6.07) is 17.4. The van der Waals surface area contributed by atoms with Crippen LogP contribution in [-0.2, 0) is 26.2 Å². The molecule has 1 N–H and O–H groups in total. The molecule has 0 bridgehead atoms.